The van der Waals surface area contributed by atoms with Crippen LogP contribution < -0.4 is 0 Å². The van der Waals surface area contributed by atoms with Crippen LogP contribution in [0, 0.1) is 10.1 Å². The molecule has 0 saturated carbocycles. The fourth-order valence-corrected chi connectivity index (χ4v) is 2.46. The molecule has 2 aromatic carbocycles. The van der Waals surface area contributed by atoms with Crippen molar-refractivity contribution in [1.82, 2.24) is 0 Å². The highest BCUT2D eigenvalue weighted by atomic mass is 32.2. The quantitative estimate of drug-likeness (QED) is 0.348. The molecular formula is C15H12NO6S-. The molecule has 0 spiro atoms. The third-order valence-corrected chi connectivity index (χ3v) is 3.63. The van der Waals surface area contributed by atoms with Gasteiger partial charge in [-0.05, 0) is 18.6 Å². The second kappa shape index (κ2) is 7.23. The Bertz CT molecular complexity index is 762. The van der Waals surface area contributed by atoms with E-state index in [0.29, 0.717) is 5.56 Å². The van der Waals surface area contributed by atoms with E-state index in [1.54, 1.807) is 30.3 Å². The topological polar surface area (TPSA) is 110 Å². The molecule has 0 bridgehead atoms. The van der Waals surface area contributed by atoms with E-state index < -0.39 is 22.4 Å². The fraction of sp³-hybridized carbons (Fsp3) is 0.133. The second-order valence-electron chi connectivity index (χ2n) is 4.67. The van der Waals surface area contributed by atoms with Gasteiger partial charge in [0, 0.05) is 23.3 Å². The zero-order chi connectivity index (χ0) is 17.0. The molecule has 2 rings (SSSR count). The van der Waals surface area contributed by atoms with Crippen LogP contribution in [0.3, 0.4) is 0 Å². The Morgan fingerprint density at radius 1 is 1.22 bits per heavy atom. The van der Waals surface area contributed by atoms with Gasteiger partial charge in [0.15, 0.2) is 5.78 Å². The highest BCUT2D eigenvalue weighted by Gasteiger charge is 2.21. The Kier molecular flexibility index (Phi) is 5.32. The summed E-state index contributed by atoms with van der Waals surface area (Å²) in [5, 5.41) is 10.9. The van der Waals surface area contributed by atoms with E-state index in [9.17, 15) is 23.7 Å². The van der Waals surface area contributed by atoms with Gasteiger partial charge in [0.05, 0.1) is 22.4 Å². The maximum Gasteiger partial charge on any atom is 0.269 e. The molecule has 0 radical (unpaired) electrons. The van der Waals surface area contributed by atoms with Gasteiger partial charge in [-0.1, -0.05) is 30.3 Å². The minimum atomic E-state index is -2.81. The summed E-state index contributed by atoms with van der Waals surface area (Å²) >= 11 is -2.81. The van der Waals surface area contributed by atoms with E-state index in [1.807, 2.05) is 0 Å². The molecule has 8 heteroatoms. The summed E-state index contributed by atoms with van der Waals surface area (Å²) in [6.45, 7) is 1.40. The number of nitrogens with zero attached hydrogens (tertiary/aromatic N) is 1. The molecule has 0 N–H and O–H groups in total. The number of rotatable bonds is 6. The van der Waals surface area contributed by atoms with Crippen LogP contribution in [0.25, 0.3) is 0 Å². The minimum absolute atomic E-state index is 0.136. The number of nitro benzene ring substituents is 1. The molecule has 0 aromatic heterocycles. The number of benzene rings is 2. The lowest BCUT2D eigenvalue weighted by Crippen LogP contribution is -2.11. The predicted molar refractivity (Wildman–Crippen MR) is 81.4 cm³/mol. The van der Waals surface area contributed by atoms with Gasteiger partial charge >= 0.3 is 0 Å². The molecule has 0 amide bonds. The zero-order valence-electron chi connectivity index (χ0n) is 12.0. The van der Waals surface area contributed by atoms with Gasteiger partial charge in [0.2, 0.25) is 0 Å². The number of non-ortho nitro benzene ring substituents is 1. The third-order valence-electron chi connectivity index (χ3n) is 3.19. The molecule has 0 fully saturated rings. The number of hydrogen-bond acceptors (Lipinski definition) is 6. The molecule has 2 atom stereocenters. The number of carbonyl (C=O) groups excluding carboxylic acids is 1. The first kappa shape index (κ1) is 16.9. The SMILES string of the molecule is CC(OS(=O)[O-])c1cc([N+](=O)[O-])ccc1C(=O)c1ccccc1. The van der Waals surface area contributed by atoms with Crippen molar-refractivity contribution >= 4 is 22.8 Å². The average Bonchev–Trinajstić information content (AvgIpc) is 2.53. The lowest BCUT2D eigenvalue weighted by molar-refractivity contribution is -0.385. The molecule has 0 aliphatic carbocycles. The van der Waals surface area contributed by atoms with Crippen LogP contribution in [-0.2, 0) is 15.5 Å². The van der Waals surface area contributed by atoms with E-state index in [2.05, 4.69) is 4.18 Å². The molecule has 0 saturated heterocycles. The van der Waals surface area contributed by atoms with E-state index in [4.69, 9.17) is 0 Å². The molecule has 120 valence electrons. The maximum absolute atomic E-state index is 12.6. The summed E-state index contributed by atoms with van der Waals surface area (Å²) in [7, 11) is 0. The van der Waals surface area contributed by atoms with Crippen molar-refractivity contribution in [3.05, 3.63) is 75.3 Å². The Balaban J connectivity index is 2.51. The normalized spacial score (nSPS) is 13.3. The summed E-state index contributed by atoms with van der Waals surface area (Å²) in [5.74, 6) is -0.373. The Morgan fingerprint density at radius 2 is 1.87 bits per heavy atom. The van der Waals surface area contributed by atoms with Crippen LogP contribution in [0.4, 0.5) is 5.69 Å². The van der Waals surface area contributed by atoms with E-state index in [0.717, 1.165) is 6.07 Å². The summed E-state index contributed by atoms with van der Waals surface area (Å²) in [4.78, 5) is 22.8. The van der Waals surface area contributed by atoms with Crippen molar-refractivity contribution in [2.24, 2.45) is 0 Å². The van der Waals surface area contributed by atoms with Gasteiger partial charge in [-0.15, -0.1) is 0 Å². The van der Waals surface area contributed by atoms with Crippen molar-refractivity contribution in [3.8, 4) is 0 Å². The van der Waals surface area contributed by atoms with E-state index >= 15 is 0 Å². The summed E-state index contributed by atoms with van der Waals surface area (Å²) in [6.07, 6.45) is -1.03. The first-order chi connectivity index (χ1) is 10.9. The summed E-state index contributed by atoms with van der Waals surface area (Å²) in [6, 6.07) is 12.0. The Morgan fingerprint density at radius 3 is 2.43 bits per heavy atom. The Hall–Kier alpha value is -2.42. The van der Waals surface area contributed by atoms with Crippen molar-refractivity contribution in [3.63, 3.8) is 0 Å². The number of nitro groups is 1. The third kappa shape index (κ3) is 4.07. The first-order valence-corrected chi connectivity index (χ1v) is 7.54. The minimum Gasteiger partial charge on any atom is -0.750 e. The molecule has 0 heterocycles. The average molecular weight is 334 g/mol. The van der Waals surface area contributed by atoms with Crippen molar-refractivity contribution < 1.29 is 22.7 Å². The van der Waals surface area contributed by atoms with Crippen LogP contribution in [0.5, 0.6) is 0 Å². The number of hydrogen-bond donors (Lipinski definition) is 0. The lowest BCUT2D eigenvalue weighted by Gasteiger charge is -2.17. The van der Waals surface area contributed by atoms with E-state index in [1.165, 1.54) is 19.1 Å². The largest absolute Gasteiger partial charge is 0.750 e. The lowest BCUT2D eigenvalue weighted by atomic mass is 9.95. The summed E-state index contributed by atoms with van der Waals surface area (Å²) < 4.78 is 26.1. The molecular weight excluding hydrogens is 322 g/mol. The molecule has 23 heavy (non-hydrogen) atoms. The van der Waals surface area contributed by atoms with Crippen molar-refractivity contribution in [2.75, 3.05) is 0 Å². The van der Waals surface area contributed by atoms with E-state index in [-0.39, 0.29) is 22.6 Å². The molecule has 7 nitrogen and oxygen atoms in total. The smallest absolute Gasteiger partial charge is 0.269 e. The van der Waals surface area contributed by atoms with Crippen LogP contribution in [0.2, 0.25) is 0 Å². The van der Waals surface area contributed by atoms with Gasteiger partial charge in [-0.2, -0.15) is 0 Å². The van der Waals surface area contributed by atoms with Crippen LogP contribution in [-0.4, -0.2) is 19.5 Å². The predicted octanol–water partition coefficient (Wildman–Crippen LogP) is 2.70. The van der Waals surface area contributed by atoms with Crippen molar-refractivity contribution in [2.45, 2.75) is 13.0 Å². The maximum atomic E-state index is 12.6. The van der Waals surface area contributed by atoms with Gasteiger partial charge < -0.3 is 4.55 Å². The Labute approximate surface area is 134 Å². The van der Waals surface area contributed by atoms with Crippen LogP contribution in [0.1, 0.15) is 34.5 Å². The molecule has 0 aliphatic rings. The fourth-order valence-electron chi connectivity index (χ4n) is 2.12. The monoisotopic (exact) mass is 334 g/mol. The second-order valence-corrected chi connectivity index (χ2v) is 5.27. The van der Waals surface area contributed by atoms with Crippen molar-refractivity contribution in [1.29, 1.82) is 0 Å². The zero-order valence-corrected chi connectivity index (χ0v) is 12.8. The first-order valence-electron chi connectivity index (χ1n) is 6.54. The molecule has 2 unspecified atom stereocenters. The van der Waals surface area contributed by atoms with Crippen LogP contribution >= 0.6 is 0 Å². The van der Waals surface area contributed by atoms with Gasteiger partial charge in [0.1, 0.15) is 0 Å². The molecule has 2 aromatic rings. The summed E-state index contributed by atoms with van der Waals surface area (Å²) in [5.41, 5.74) is 0.423. The van der Waals surface area contributed by atoms with Crippen LogP contribution in [0.15, 0.2) is 48.5 Å². The van der Waals surface area contributed by atoms with Gasteiger partial charge in [-0.3, -0.25) is 19.1 Å². The molecule has 0 aliphatic heterocycles. The van der Waals surface area contributed by atoms with Gasteiger partial charge in [0.25, 0.3) is 5.69 Å². The highest BCUT2D eigenvalue weighted by molar-refractivity contribution is 7.74. The number of ketones is 1. The highest BCUT2D eigenvalue weighted by Crippen LogP contribution is 2.28. The number of carbonyl (C=O) groups is 1. The standard InChI is InChI=1S/C15H13NO6S/c1-10(22-23(20)21)14-9-12(16(18)19)7-8-13(14)15(17)11-5-3-2-4-6-11/h2-10H,1H3,(H,20,21)/p-1. The van der Waals surface area contributed by atoms with Gasteiger partial charge in [-0.25, -0.2) is 4.21 Å².